The minimum Gasteiger partial charge on any atom is -0.423 e. The number of carbonyl (C=O) groups is 1. The van der Waals surface area contributed by atoms with Crippen LogP contribution in [0.1, 0.15) is 21.6 Å². The number of aryl methyl sites for hydroxylation is 1. The first-order chi connectivity index (χ1) is 12.1. The van der Waals surface area contributed by atoms with Gasteiger partial charge in [0, 0.05) is 9.85 Å². The zero-order chi connectivity index (χ0) is 17.6. The van der Waals surface area contributed by atoms with E-state index in [0.29, 0.717) is 11.3 Å². The SMILES string of the molecule is Cc1csc(N/N=C/c2ccc(OC(=O)c3cccc(Br)c3)cc2)n1. The maximum absolute atomic E-state index is 12.1. The van der Waals surface area contributed by atoms with Crippen molar-refractivity contribution in [2.24, 2.45) is 5.10 Å². The van der Waals surface area contributed by atoms with E-state index in [0.717, 1.165) is 20.9 Å². The van der Waals surface area contributed by atoms with Crippen LogP contribution in [0.3, 0.4) is 0 Å². The molecule has 0 fully saturated rings. The summed E-state index contributed by atoms with van der Waals surface area (Å²) in [4.78, 5) is 16.4. The van der Waals surface area contributed by atoms with Crippen molar-refractivity contribution >= 4 is 44.6 Å². The molecule has 1 N–H and O–H groups in total. The van der Waals surface area contributed by atoms with Crippen molar-refractivity contribution in [3.63, 3.8) is 0 Å². The molecule has 25 heavy (non-hydrogen) atoms. The van der Waals surface area contributed by atoms with E-state index < -0.39 is 5.97 Å². The van der Waals surface area contributed by atoms with Gasteiger partial charge in [-0.25, -0.2) is 9.78 Å². The summed E-state index contributed by atoms with van der Waals surface area (Å²) in [6.45, 7) is 1.93. The van der Waals surface area contributed by atoms with Gasteiger partial charge in [0.25, 0.3) is 0 Å². The minimum atomic E-state index is -0.400. The summed E-state index contributed by atoms with van der Waals surface area (Å²) in [5, 5.41) is 6.83. The molecule has 0 aliphatic heterocycles. The molecule has 0 radical (unpaired) electrons. The number of carbonyl (C=O) groups excluding carboxylic acids is 1. The molecule has 0 bridgehead atoms. The molecule has 0 unspecified atom stereocenters. The largest absolute Gasteiger partial charge is 0.423 e. The van der Waals surface area contributed by atoms with Gasteiger partial charge < -0.3 is 4.74 Å². The van der Waals surface area contributed by atoms with Crippen molar-refractivity contribution in [2.45, 2.75) is 6.92 Å². The van der Waals surface area contributed by atoms with E-state index in [1.807, 2.05) is 30.5 Å². The Labute approximate surface area is 157 Å². The summed E-state index contributed by atoms with van der Waals surface area (Å²) >= 11 is 4.83. The predicted octanol–water partition coefficient (Wildman–Crippen LogP) is 4.88. The third kappa shape index (κ3) is 4.98. The number of ether oxygens (including phenoxy) is 1. The zero-order valence-electron chi connectivity index (χ0n) is 13.3. The highest BCUT2D eigenvalue weighted by Crippen LogP contribution is 2.17. The third-order valence-electron chi connectivity index (χ3n) is 3.14. The molecule has 0 spiro atoms. The van der Waals surface area contributed by atoms with Crippen molar-refractivity contribution < 1.29 is 9.53 Å². The Bertz CT molecular complexity index is 907. The number of anilines is 1. The van der Waals surface area contributed by atoms with Crippen molar-refractivity contribution in [3.05, 3.63) is 75.2 Å². The van der Waals surface area contributed by atoms with Crippen LogP contribution in [-0.2, 0) is 0 Å². The Morgan fingerprint density at radius 3 is 2.76 bits per heavy atom. The molecule has 0 aliphatic rings. The molecule has 7 heteroatoms. The van der Waals surface area contributed by atoms with E-state index in [9.17, 15) is 4.79 Å². The molecule has 5 nitrogen and oxygen atoms in total. The molecular weight excluding hydrogens is 402 g/mol. The molecule has 0 aliphatic carbocycles. The number of rotatable bonds is 5. The summed E-state index contributed by atoms with van der Waals surface area (Å²) in [5.41, 5.74) is 5.20. The van der Waals surface area contributed by atoms with Gasteiger partial charge in [0.2, 0.25) is 5.13 Å². The predicted molar refractivity (Wildman–Crippen MR) is 104 cm³/mol. The standard InChI is InChI=1S/C18H14BrN3O2S/c1-12-11-25-18(21-12)22-20-10-13-5-7-16(8-6-13)24-17(23)14-3-2-4-15(19)9-14/h2-11H,1H3,(H,21,22)/b20-10+. The highest BCUT2D eigenvalue weighted by molar-refractivity contribution is 9.10. The average molecular weight is 416 g/mol. The van der Waals surface area contributed by atoms with Crippen LogP contribution in [0, 0.1) is 6.92 Å². The first-order valence-corrected chi connectivity index (χ1v) is 9.06. The number of benzene rings is 2. The summed E-state index contributed by atoms with van der Waals surface area (Å²) in [5.74, 6) is 0.0779. The second-order valence-electron chi connectivity index (χ2n) is 5.13. The maximum atomic E-state index is 12.1. The number of hydrazone groups is 1. The third-order valence-corrected chi connectivity index (χ3v) is 4.50. The molecule has 0 atom stereocenters. The van der Waals surface area contributed by atoms with Crippen LogP contribution >= 0.6 is 27.3 Å². The van der Waals surface area contributed by atoms with Crippen LogP contribution in [0.5, 0.6) is 5.75 Å². The summed E-state index contributed by atoms with van der Waals surface area (Å²) < 4.78 is 6.19. The van der Waals surface area contributed by atoms with E-state index in [4.69, 9.17) is 4.74 Å². The first kappa shape index (κ1) is 17.3. The Kier molecular flexibility index (Phi) is 5.57. The summed E-state index contributed by atoms with van der Waals surface area (Å²) in [6.07, 6.45) is 1.68. The normalized spacial score (nSPS) is 10.8. The van der Waals surface area contributed by atoms with E-state index in [-0.39, 0.29) is 0 Å². The fourth-order valence-corrected chi connectivity index (χ4v) is 3.01. The Balaban J connectivity index is 1.59. The Hall–Kier alpha value is -2.51. The van der Waals surface area contributed by atoms with Gasteiger partial charge in [-0.1, -0.05) is 22.0 Å². The fraction of sp³-hybridized carbons (Fsp3) is 0.0556. The molecule has 3 aromatic rings. The quantitative estimate of drug-likeness (QED) is 0.279. The maximum Gasteiger partial charge on any atom is 0.343 e. The smallest absolute Gasteiger partial charge is 0.343 e. The number of esters is 1. The highest BCUT2D eigenvalue weighted by atomic mass is 79.9. The number of nitrogens with one attached hydrogen (secondary N) is 1. The minimum absolute atomic E-state index is 0.400. The molecule has 0 saturated carbocycles. The molecule has 0 amide bonds. The average Bonchev–Trinajstić information content (AvgIpc) is 3.02. The van der Waals surface area contributed by atoms with Crippen molar-refractivity contribution in [3.8, 4) is 5.75 Å². The van der Waals surface area contributed by atoms with Crippen molar-refractivity contribution in [1.29, 1.82) is 0 Å². The second-order valence-corrected chi connectivity index (χ2v) is 6.91. The molecule has 1 heterocycles. The summed E-state index contributed by atoms with van der Waals surface area (Å²) in [7, 11) is 0. The monoisotopic (exact) mass is 415 g/mol. The second kappa shape index (κ2) is 8.04. The van der Waals surface area contributed by atoms with Crippen LogP contribution in [0.25, 0.3) is 0 Å². The number of nitrogens with zero attached hydrogens (tertiary/aromatic N) is 2. The van der Waals surface area contributed by atoms with E-state index >= 15 is 0 Å². The van der Waals surface area contributed by atoms with Crippen molar-refractivity contribution in [2.75, 3.05) is 5.43 Å². The van der Waals surface area contributed by atoms with Gasteiger partial charge in [-0.3, -0.25) is 5.43 Å². The van der Waals surface area contributed by atoms with Gasteiger partial charge in [0.15, 0.2) is 0 Å². The molecule has 2 aromatic carbocycles. The fourth-order valence-electron chi connectivity index (χ4n) is 1.97. The summed E-state index contributed by atoms with van der Waals surface area (Å²) in [6, 6.07) is 14.2. The van der Waals surface area contributed by atoms with Gasteiger partial charge >= 0.3 is 5.97 Å². The highest BCUT2D eigenvalue weighted by Gasteiger charge is 2.08. The lowest BCUT2D eigenvalue weighted by Crippen LogP contribution is -2.08. The molecule has 3 rings (SSSR count). The molecule has 0 saturated heterocycles. The number of hydrogen-bond acceptors (Lipinski definition) is 6. The van der Waals surface area contributed by atoms with E-state index in [1.165, 1.54) is 11.3 Å². The van der Waals surface area contributed by atoms with Crippen LogP contribution in [0.15, 0.2) is 63.5 Å². The van der Waals surface area contributed by atoms with Gasteiger partial charge in [0.05, 0.1) is 17.5 Å². The zero-order valence-corrected chi connectivity index (χ0v) is 15.7. The van der Waals surface area contributed by atoms with Crippen LogP contribution in [-0.4, -0.2) is 17.2 Å². The molecular formula is C18H14BrN3O2S. The Morgan fingerprint density at radius 1 is 1.28 bits per heavy atom. The number of aromatic nitrogens is 1. The van der Waals surface area contributed by atoms with Crippen LogP contribution in [0.2, 0.25) is 0 Å². The van der Waals surface area contributed by atoms with Crippen molar-refractivity contribution in [1.82, 2.24) is 4.98 Å². The lowest BCUT2D eigenvalue weighted by atomic mass is 10.2. The lowest BCUT2D eigenvalue weighted by Gasteiger charge is -2.05. The topological polar surface area (TPSA) is 63.6 Å². The van der Waals surface area contributed by atoms with Gasteiger partial charge in [-0.2, -0.15) is 5.10 Å². The number of thiazole rings is 1. The first-order valence-electron chi connectivity index (χ1n) is 7.39. The lowest BCUT2D eigenvalue weighted by molar-refractivity contribution is 0.0734. The number of halogens is 1. The van der Waals surface area contributed by atoms with Gasteiger partial charge in [-0.15, -0.1) is 11.3 Å². The van der Waals surface area contributed by atoms with Crippen LogP contribution < -0.4 is 10.2 Å². The van der Waals surface area contributed by atoms with Gasteiger partial charge in [-0.05, 0) is 55.0 Å². The Morgan fingerprint density at radius 2 is 2.08 bits per heavy atom. The van der Waals surface area contributed by atoms with Gasteiger partial charge in [0.1, 0.15) is 5.75 Å². The molecule has 1 aromatic heterocycles. The number of hydrogen-bond donors (Lipinski definition) is 1. The van der Waals surface area contributed by atoms with E-state index in [1.54, 1.807) is 36.5 Å². The van der Waals surface area contributed by atoms with E-state index in [2.05, 4.69) is 31.4 Å². The molecule has 126 valence electrons. The van der Waals surface area contributed by atoms with Crippen LogP contribution in [0.4, 0.5) is 5.13 Å².